The topological polar surface area (TPSA) is 78.5 Å². The Morgan fingerprint density at radius 3 is 2.56 bits per heavy atom. The molecule has 7 nitrogen and oxygen atoms in total. The third-order valence-electron chi connectivity index (χ3n) is 3.98. The number of H-pyrrole nitrogens is 1. The molecule has 0 saturated carbocycles. The number of carbonyl (C=O) groups is 2. The number of benzene rings is 1. The molecule has 2 aromatic rings. The summed E-state index contributed by atoms with van der Waals surface area (Å²) in [6.45, 7) is 3.87. The van der Waals surface area contributed by atoms with E-state index in [1.807, 2.05) is 25.2 Å². The molecule has 0 bridgehead atoms. The molecule has 1 heterocycles. The van der Waals surface area contributed by atoms with E-state index >= 15 is 0 Å². The molecule has 27 heavy (non-hydrogen) atoms. The summed E-state index contributed by atoms with van der Waals surface area (Å²) in [5.41, 5.74) is 1.39. The monoisotopic (exact) mass is 388 g/mol. The Hall–Kier alpha value is -2.58. The van der Waals surface area contributed by atoms with Crippen LogP contribution in [0.4, 0.5) is 0 Å². The Labute approximate surface area is 164 Å². The van der Waals surface area contributed by atoms with E-state index in [0.29, 0.717) is 13.1 Å². The molecule has 144 valence electrons. The van der Waals surface area contributed by atoms with Crippen molar-refractivity contribution in [3.63, 3.8) is 0 Å². The van der Waals surface area contributed by atoms with Gasteiger partial charge in [0.25, 0.3) is 5.91 Å². The standard InChI is InChI=1S/C19H24N4O3S/c1-4-26-18(25)15-12-20-19(27)21-16(15)17(24)23(3)11-10-22(2)13-14-8-6-5-7-9-14/h5-9,12H,4,10-11,13H2,1-3H3,(H,20,21,27). The summed E-state index contributed by atoms with van der Waals surface area (Å²) in [6.07, 6.45) is 1.28. The van der Waals surface area contributed by atoms with E-state index in [2.05, 4.69) is 27.0 Å². The van der Waals surface area contributed by atoms with Crippen molar-refractivity contribution in [2.45, 2.75) is 13.5 Å². The molecule has 0 atom stereocenters. The van der Waals surface area contributed by atoms with Crippen molar-refractivity contribution in [1.82, 2.24) is 19.8 Å². The molecule has 0 unspecified atom stereocenters. The van der Waals surface area contributed by atoms with Gasteiger partial charge in [0.1, 0.15) is 11.3 Å². The van der Waals surface area contributed by atoms with Crippen molar-refractivity contribution < 1.29 is 14.3 Å². The third kappa shape index (κ3) is 5.97. The summed E-state index contributed by atoms with van der Waals surface area (Å²) in [6, 6.07) is 10.1. The maximum Gasteiger partial charge on any atom is 0.342 e. The van der Waals surface area contributed by atoms with Crippen LogP contribution >= 0.6 is 12.2 Å². The zero-order valence-electron chi connectivity index (χ0n) is 15.8. The smallest absolute Gasteiger partial charge is 0.342 e. The van der Waals surface area contributed by atoms with Gasteiger partial charge in [-0.2, -0.15) is 0 Å². The Morgan fingerprint density at radius 1 is 1.19 bits per heavy atom. The molecule has 0 aliphatic rings. The highest BCUT2D eigenvalue weighted by Crippen LogP contribution is 2.10. The van der Waals surface area contributed by atoms with Gasteiger partial charge in [0.2, 0.25) is 0 Å². The molecule has 1 amide bonds. The first-order valence-electron chi connectivity index (χ1n) is 8.66. The SMILES string of the molecule is CCOC(=O)c1cnc(=S)[nH]c1C(=O)N(C)CCN(C)Cc1ccccc1. The number of likely N-dealkylation sites (N-methyl/N-ethyl adjacent to an activating group) is 2. The Kier molecular flexibility index (Phi) is 7.63. The Bertz CT molecular complexity index is 838. The van der Waals surface area contributed by atoms with Gasteiger partial charge in [-0.25, -0.2) is 9.78 Å². The summed E-state index contributed by atoms with van der Waals surface area (Å²) in [7, 11) is 3.68. The average Bonchev–Trinajstić information content (AvgIpc) is 2.66. The predicted octanol–water partition coefficient (Wildman–Crippen LogP) is 2.52. The van der Waals surface area contributed by atoms with E-state index in [1.165, 1.54) is 11.8 Å². The van der Waals surface area contributed by atoms with Gasteiger partial charge in [-0.15, -0.1) is 0 Å². The minimum Gasteiger partial charge on any atom is -0.462 e. The van der Waals surface area contributed by atoms with Gasteiger partial charge in [-0.1, -0.05) is 30.3 Å². The van der Waals surface area contributed by atoms with Crippen LogP contribution < -0.4 is 0 Å². The van der Waals surface area contributed by atoms with Crippen molar-refractivity contribution in [3.05, 3.63) is 58.1 Å². The fraction of sp³-hybridized carbons (Fsp3) is 0.368. The maximum absolute atomic E-state index is 12.8. The average molecular weight is 388 g/mol. The summed E-state index contributed by atoms with van der Waals surface area (Å²) in [4.78, 5) is 35.1. The molecule has 8 heteroatoms. The van der Waals surface area contributed by atoms with Crippen LogP contribution in [0.5, 0.6) is 0 Å². The number of ether oxygens (including phenoxy) is 1. The highest BCUT2D eigenvalue weighted by atomic mass is 32.1. The Balaban J connectivity index is 2.03. The number of nitrogens with zero attached hydrogens (tertiary/aromatic N) is 3. The number of aromatic amines is 1. The Morgan fingerprint density at radius 2 is 1.89 bits per heavy atom. The zero-order chi connectivity index (χ0) is 19.8. The molecular weight excluding hydrogens is 364 g/mol. The van der Waals surface area contributed by atoms with Crippen molar-refractivity contribution in [2.75, 3.05) is 33.8 Å². The first-order valence-corrected chi connectivity index (χ1v) is 9.07. The van der Waals surface area contributed by atoms with E-state index in [0.717, 1.165) is 6.54 Å². The van der Waals surface area contributed by atoms with Gasteiger partial charge < -0.3 is 19.5 Å². The number of rotatable bonds is 8. The number of carbonyl (C=O) groups excluding carboxylic acids is 2. The molecule has 0 fully saturated rings. The van der Waals surface area contributed by atoms with Crippen molar-refractivity contribution in [1.29, 1.82) is 0 Å². The minimum absolute atomic E-state index is 0.0833. The lowest BCUT2D eigenvalue weighted by atomic mass is 10.2. The summed E-state index contributed by atoms with van der Waals surface area (Å²) < 4.78 is 5.13. The summed E-state index contributed by atoms with van der Waals surface area (Å²) >= 11 is 5.00. The van der Waals surface area contributed by atoms with Crippen LogP contribution in [0.1, 0.15) is 33.3 Å². The van der Waals surface area contributed by atoms with E-state index in [4.69, 9.17) is 17.0 Å². The number of hydrogen-bond acceptors (Lipinski definition) is 6. The normalized spacial score (nSPS) is 10.7. The molecule has 0 aliphatic heterocycles. The van der Waals surface area contributed by atoms with Crippen LogP contribution in [0.2, 0.25) is 0 Å². The van der Waals surface area contributed by atoms with E-state index in [1.54, 1.807) is 18.9 Å². The van der Waals surface area contributed by atoms with Crippen LogP contribution in [0, 0.1) is 4.77 Å². The summed E-state index contributed by atoms with van der Waals surface area (Å²) in [5, 5.41) is 0. The maximum atomic E-state index is 12.8. The molecule has 0 aliphatic carbocycles. The van der Waals surface area contributed by atoms with Gasteiger partial charge in [0.05, 0.1) is 6.61 Å². The highest BCUT2D eigenvalue weighted by molar-refractivity contribution is 7.71. The lowest BCUT2D eigenvalue weighted by Crippen LogP contribution is -2.36. The lowest BCUT2D eigenvalue weighted by Gasteiger charge is -2.22. The first kappa shape index (κ1) is 20.7. The first-order chi connectivity index (χ1) is 12.9. The van der Waals surface area contributed by atoms with E-state index < -0.39 is 5.97 Å². The molecular formula is C19H24N4O3S. The largest absolute Gasteiger partial charge is 0.462 e. The molecule has 2 rings (SSSR count). The fourth-order valence-electron chi connectivity index (χ4n) is 2.51. The van der Waals surface area contributed by atoms with Crippen molar-refractivity contribution >= 4 is 24.1 Å². The van der Waals surface area contributed by atoms with E-state index in [-0.39, 0.29) is 28.5 Å². The number of esters is 1. The van der Waals surface area contributed by atoms with Crippen LogP contribution in [0.25, 0.3) is 0 Å². The fourth-order valence-corrected chi connectivity index (χ4v) is 2.67. The number of amides is 1. The zero-order valence-corrected chi connectivity index (χ0v) is 16.6. The lowest BCUT2D eigenvalue weighted by molar-refractivity contribution is 0.0517. The molecule has 1 N–H and O–H groups in total. The van der Waals surface area contributed by atoms with Crippen LogP contribution in [-0.2, 0) is 11.3 Å². The van der Waals surface area contributed by atoms with Gasteiger partial charge in [-0.05, 0) is 31.8 Å². The molecule has 1 aromatic carbocycles. The van der Waals surface area contributed by atoms with E-state index in [9.17, 15) is 9.59 Å². The summed E-state index contributed by atoms with van der Waals surface area (Å²) in [5.74, 6) is -0.936. The van der Waals surface area contributed by atoms with Crippen molar-refractivity contribution in [3.8, 4) is 0 Å². The van der Waals surface area contributed by atoms with Gasteiger partial charge in [-0.3, -0.25) is 4.79 Å². The van der Waals surface area contributed by atoms with Gasteiger partial charge in [0, 0.05) is 32.9 Å². The predicted molar refractivity (Wildman–Crippen MR) is 105 cm³/mol. The highest BCUT2D eigenvalue weighted by Gasteiger charge is 2.22. The van der Waals surface area contributed by atoms with Crippen LogP contribution in [-0.4, -0.2) is 65.4 Å². The second-order valence-electron chi connectivity index (χ2n) is 6.15. The minimum atomic E-state index is -0.603. The van der Waals surface area contributed by atoms with Crippen LogP contribution in [0.15, 0.2) is 36.5 Å². The van der Waals surface area contributed by atoms with Crippen LogP contribution in [0.3, 0.4) is 0 Å². The van der Waals surface area contributed by atoms with Crippen molar-refractivity contribution in [2.24, 2.45) is 0 Å². The molecule has 0 radical (unpaired) electrons. The number of aromatic nitrogens is 2. The third-order valence-corrected chi connectivity index (χ3v) is 4.19. The second kappa shape index (κ2) is 9.94. The second-order valence-corrected chi connectivity index (χ2v) is 6.53. The quantitative estimate of drug-likeness (QED) is 0.553. The molecule has 0 saturated heterocycles. The number of nitrogens with one attached hydrogen (secondary N) is 1. The molecule has 1 aromatic heterocycles. The van der Waals surface area contributed by atoms with Gasteiger partial charge in [0.15, 0.2) is 4.77 Å². The number of hydrogen-bond donors (Lipinski definition) is 1. The molecule has 0 spiro atoms. The van der Waals surface area contributed by atoms with Gasteiger partial charge >= 0.3 is 5.97 Å².